The van der Waals surface area contributed by atoms with Crippen LogP contribution in [0.25, 0.3) is 0 Å². The van der Waals surface area contributed by atoms with Gasteiger partial charge in [0.05, 0.1) is 11.1 Å². The van der Waals surface area contributed by atoms with Crippen LogP contribution in [0.1, 0.15) is 15.9 Å². The zero-order valence-corrected chi connectivity index (χ0v) is 12.1. The lowest BCUT2D eigenvalue weighted by atomic mass is 10.1. The van der Waals surface area contributed by atoms with Crippen LogP contribution in [0.15, 0.2) is 23.6 Å². The van der Waals surface area contributed by atoms with Crippen molar-refractivity contribution < 1.29 is 18.0 Å². The smallest absolute Gasteiger partial charge is 0.351 e. The lowest BCUT2D eigenvalue weighted by Crippen LogP contribution is -2.28. The van der Waals surface area contributed by atoms with E-state index in [1.165, 1.54) is 16.4 Å². The van der Waals surface area contributed by atoms with Crippen molar-refractivity contribution in [3.8, 4) is 0 Å². The van der Waals surface area contributed by atoms with Crippen LogP contribution in [-0.2, 0) is 13.2 Å². The molecule has 7 nitrogen and oxygen atoms in total. The van der Waals surface area contributed by atoms with Crippen molar-refractivity contribution in [1.29, 1.82) is 0 Å². The Kier molecular flexibility index (Phi) is 4.96. The van der Waals surface area contributed by atoms with Gasteiger partial charge in [-0.1, -0.05) is 11.8 Å². The average molecular weight is 332 g/mol. The third-order valence-electron chi connectivity index (χ3n) is 2.57. The molecule has 0 aliphatic heterocycles. The number of thioether (sulfide) groups is 1. The number of carbonyl (C=O) groups excluding carboxylic acids is 1. The number of pyridine rings is 1. The van der Waals surface area contributed by atoms with E-state index in [-0.39, 0.29) is 6.54 Å². The van der Waals surface area contributed by atoms with Crippen molar-refractivity contribution in [2.75, 3.05) is 12.3 Å². The van der Waals surface area contributed by atoms with E-state index in [1.807, 2.05) is 0 Å². The molecule has 0 saturated heterocycles. The summed E-state index contributed by atoms with van der Waals surface area (Å²) in [7, 11) is 1.66. The molecule has 1 N–H and O–H groups in total. The predicted molar refractivity (Wildman–Crippen MR) is 71.1 cm³/mol. The number of aromatic nitrogens is 5. The Balaban J connectivity index is 1.92. The number of halogens is 3. The number of rotatable bonds is 5. The van der Waals surface area contributed by atoms with E-state index in [4.69, 9.17) is 0 Å². The number of tetrazole rings is 1. The van der Waals surface area contributed by atoms with Crippen LogP contribution in [0.4, 0.5) is 13.2 Å². The number of hydrogen-bond donors (Lipinski definition) is 1. The summed E-state index contributed by atoms with van der Waals surface area (Å²) >= 11 is 1.27. The summed E-state index contributed by atoms with van der Waals surface area (Å²) in [6.45, 7) is 0.169. The highest BCUT2D eigenvalue weighted by Gasteiger charge is 2.35. The maximum Gasteiger partial charge on any atom is 0.417 e. The summed E-state index contributed by atoms with van der Waals surface area (Å²) in [5, 5.41) is 13.8. The zero-order valence-electron chi connectivity index (χ0n) is 11.3. The molecule has 2 aromatic rings. The summed E-state index contributed by atoms with van der Waals surface area (Å²) in [6, 6.07) is 0.773. The molecule has 0 radical (unpaired) electrons. The molecule has 0 unspecified atom stereocenters. The summed E-state index contributed by atoms with van der Waals surface area (Å²) in [5.41, 5.74) is -1.51. The molecule has 2 aromatic heterocycles. The van der Waals surface area contributed by atoms with Gasteiger partial charge in [-0.15, -0.1) is 5.10 Å². The van der Waals surface area contributed by atoms with Gasteiger partial charge in [-0.2, -0.15) is 13.2 Å². The number of nitrogens with zero attached hydrogens (tertiary/aromatic N) is 5. The van der Waals surface area contributed by atoms with Crippen molar-refractivity contribution in [2.45, 2.75) is 11.3 Å². The second-order valence-corrected chi connectivity index (χ2v) is 5.17. The van der Waals surface area contributed by atoms with Crippen LogP contribution in [-0.4, -0.2) is 43.4 Å². The molecular weight excluding hydrogens is 321 g/mol. The Morgan fingerprint density at radius 1 is 1.45 bits per heavy atom. The monoisotopic (exact) mass is 332 g/mol. The minimum atomic E-state index is -4.60. The number of alkyl halides is 3. The van der Waals surface area contributed by atoms with E-state index in [0.717, 1.165) is 18.5 Å². The number of carbonyl (C=O) groups is 1. The fourth-order valence-corrected chi connectivity index (χ4v) is 2.27. The highest BCUT2D eigenvalue weighted by atomic mass is 32.2. The summed E-state index contributed by atoms with van der Waals surface area (Å²) in [5.74, 6) is -0.404. The molecule has 0 spiro atoms. The van der Waals surface area contributed by atoms with Gasteiger partial charge in [0.25, 0.3) is 5.91 Å². The standard InChI is InChI=1S/C11H11F3N6OS/c1-20-10(17-18-19-20)22-5-4-16-9(21)7-6-15-3-2-8(7)11(12,13)14/h2-3,6H,4-5H2,1H3,(H,16,21). The van der Waals surface area contributed by atoms with Crippen LogP contribution in [0.2, 0.25) is 0 Å². The van der Waals surface area contributed by atoms with Gasteiger partial charge < -0.3 is 5.32 Å². The highest BCUT2D eigenvalue weighted by Crippen LogP contribution is 2.31. The van der Waals surface area contributed by atoms with Crippen molar-refractivity contribution in [2.24, 2.45) is 7.05 Å². The third-order valence-corrected chi connectivity index (χ3v) is 3.58. The number of amides is 1. The molecule has 1 amide bonds. The average Bonchev–Trinajstić information content (AvgIpc) is 2.88. The van der Waals surface area contributed by atoms with E-state index >= 15 is 0 Å². The minimum absolute atomic E-state index is 0.169. The zero-order chi connectivity index (χ0) is 16.2. The lowest BCUT2D eigenvalue weighted by Gasteiger charge is -2.11. The molecule has 2 heterocycles. The van der Waals surface area contributed by atoms with Crippen molar-refractivity contribution in [1.82, 2.24) is 30.5 Å². The van der Waals surface area contributed by atoms with E-state index in [2.05, 4.69) is 25.8 Å². The molecule has 0 aliphatic carbocycles. The topological polar surface area (TPSA) is 85.6 Å². The van der Waals surface area contributed by atoms with Crippen LogP contribution in [0.5, 0.6) is 0 Å². The van der Waals surface area contributed by atoms with E-state index in [0.29, 0.717) is 10.9 Å². The van der Waals surface area contributed by atoms with E-state index in [1.54, 1.807) is 7.05 Å². The number of nitrogens with one attached hydrogen (secondary N) is 1. The van der Waals surface area contributed by atoms with Crippen LogP contribution in [0.3, 0.4) is 0 Å². The Morgan fingerprint density at radius 2 is 2.23 bits per heavy atom. The quantitative estimate of drug-likeness (QED) is 0.653. The molecule has 0 fully saturated rings. The minimum Gasteiger partial charge on any atom is -0.351 e. The third kappa shape index (κ3) is 3.93. The molecule has 22 heavy (non-hydrogen) atoms. The largest absolute Gasteiger partial charge is 0.417 e. The first-order valence-electron chi connectivity index (χ1n) is 6.04. The molecule has 11 heteroatoms. The van der Waals surface area contributed by atoms with Crippen LogP contribution < -0.4 is 5.32 Å². The van der Waals surface area contributed by atoms with Crippen molar-refractivity contribution in [3.05, 3.63) is 29.6 Å². The SMILES string of the molecule is Cn1nnnc1SCCNC(=O)c1cnccc1C(F)(F)F. The molecule has 0 saturated carbocycles. The first-order valence-corrected chi connectivity index (χ1v) is 7.02. The first kappa shape index (κ1) is 16.2. The van der Waals surface area contributed by atoms with Gasteiger partial charge in [0, 0.05) is 31.7 Å². The Labute approximate surface area is 127 Å². The van der Waals surface area contributed by atoms with Crippen LogP contribution in [0, 0.1) is 0 Å². The maximum absolute atomic E-state index is 12.8. The summed E-state index contributed by atoms with van der Waals surface area (Å²) in [6.07, 6.45) is -2.71. The van der Waals surface area contributed by atoms with Gasteiger partial charge in [-0.05, 0) is 16.5 Å². The van der Waals surface area contributed by atoms with Gasteiger partial charge in [-0.3, -0.25) is 9.78 Å². The second-order valence-electron chi connectivity index (χ2n) is 4.11. The Morgan fingerprint density at radius 3 is 2.86 bits per heavy atom. The van der Waals surface area contributed by atoms with Crippen LogP contribution >= 0.6 is 11.8 Å². The van der Waals surface area contributed by atoms with Gasteiger partial charge in [0.1, 0.15) is 0 Å². The molecule has 0 aliphatic rings. The molecule has 2 rings (SSSR count). The normalized spacial score (nSPS) is 11.5. The molecule has 118 valence electrons. The highest BCUT2D eigenvalue weighted by molar-refractivity contribution is 7.99. The fourth-order valence-electron chi connectivity index (χ4n) is 1.57. The molecular formula is C11H11F3N6OS. The Hall–Kier alpha value is -2.17. The maximum atomic E-state index is 12.8. The second kappa shape index (κ2) is 6.73. The van der Waals surface area contributed by atoms with E-state index in [9.17, 15) is 18.0 Å². The van der Waals surface area contributed by atoms with Gasteiger partial charge in [0.15, 0.2) is 0 Å². The molecule has 0 bridgehead atoms. The van der Waals surface area contributed by atoms with Gasteiger partial charge >= 0.3 is 6.18 Å². The van der Waals surface area contributed by atoms with E-state index < -0.39 is 23.2 Å². The molecule has 0 aromatic carbocycles. The fraction of sp³-hybridized carbons (Fsp3) is 0.364. The van der Waals surface area contributed by atoms with Gasteiger partial charge in [0.2, 0.25) is 5.16 Å². The van der Waals surface area contributed by atoms with Gasteiger partial charge in [-0.25, -0.2) is 4.68 Å². The number of hydrogen-bond acceptors (Lipinski definition) is 6. The summed E-state index contributed by atoms with van der Waals surface area (Å²) < 4.78 is 39.8. The summed E-state index contributed by atoms with van der Waals surface area (Å²) in [4.78, 5) is 15.4. The predicted octanol–water partition coefficient (Wildman–Crippen LogP) is 1.15. The first-order chi connectivity index (χ1) is 10.4. The molecule has 0 atom stereocenters. The Bertz CT molecular complexity index is 659. The van der Waals surface area contributed by atoms with Crippen molar-refractivity contribution in [3.63, 3.8) is 0 Å². The number of aryl methyl sites for hydroxylation is 1. The van der Waals surface area contributed by atoms with Crippen molar-refractivity contribution >= 4 is 17.7 Å². The lowest BCUT2D eigenvalue weighted by molar-refractivity contribution is -0.138.